The van der Waals surface area contributed by atoms with Crippen LogP contribution in [0, 0.1) is 12.7 Å². The minimum Gasteiger partial charge on any atom is -0.376 e. The number of halogens is 1. The van der Waals surface area contributed by atoms with Gasteiger partial charge < -0.3 is 4.74 Å². The smallest absolute Gasteiger partial charge is 0.260 e. The summed E-state index contributed by atoms with van der Waals surface area (Å²) in [5.74, 6) is -0.692. The van der Waals surface area contributed by atoms with Gasteiger partial charge in [-0.25, -0.2) is 9.37 Å². The monoisotopic (exact) mass is 396 g/mol. The van der Waals surface area contributed by atoms with Gasteiger partial charge in [0.05, 0.1) is 18.3 Å². The Balaban J connectivity index is 1.65. The molecular weight excluding hydrogens is 375 g/mol. The highest BCUT2D eigenvalue weighted by molar-refractivity contribution is 7.14. The highest BCUT2D eigenvalue weighted by atomic mass is 32.1. The van der Waals surface area contributed by atoms with Crippen LogP contribution in [0.4, 0.5) is 9.52 Å². The summed E-state index contributed by atoms with van der Waals surface area (Å²) in [7, 11) is 0. The Morgan fingerprint density at radius 1 is 1.29 bits per heavy atom. The zero-order valence-corrected chi connectivity index (χ0v) is 16.4. The second-order valence-corrected chi connectivity index (χ2v) is 7.78. The fourth-order valence-corrected chi connectivity index (χ4v) is 4.10. The van der Waals surface area contributed by atoms with E-state index in [4.69, 9.17) is 9.72 Å². The van der Waals surface area contributed by atoms with Gasteiger partial charge in [-0.05, 0) is 38.0 Å². The molecule has 144 valence electrons. The fraction of sp³-hybridized carbons (Fsp3) is 0.273. The van der Waals surface area contributed by atoms with Gasteiger partial charge in [0, 0.05) is 23.1 Å². The van der Waals surface area contributed by atoms with Crippen molar-refractivity contribution >= 4 is 22.4 Å². The van der Waals surface area contributed by atoms with Crippen LogP contribution in [0.25, 0.3) is 11.3 Å². The Morgan fingerprint density at radius 2 is 2.11 bits per heavy atom. The van der Waals surface area contributed by atoms with Crippen molar-refractivity contribution < 1.29 is 13.9 Å². The number of amides is 1. The van der Waals surface area contributed by atoms with Gasteiger partial charge in [-0.3, -0.25) is 9.69 Å². The average Bonchev–Trinajstić information content (AvgIpc) is 3.38. The van der Waals surface area contributed by atoms with Crippen LogP contribution in [0.2, 0.25) is 0 Å². The van der Waals surface area contributed by atoms with E-state index < -0.39 is 5.82 Å². The third-order valence-corrected chi connectivity index (χ3v) is 5.66. The number of aryl methyl sites for hydroxylation is 1. The van der Waals surface area contributed by atoms with Crippen LogP contribution < -0.4 is 4.90 Å². The quantitative estimate of drug-likeness (QED) is 0.604. The van der Waals surface area contributed by atoms with E-state index in [1.165, 1.54) is 29.0 Å². The van der Waals surface area contributed by atoms with Crippen LogP contribution in [0.1, 0.15) is 28.8 Å². The molecule has 1 aromatic heterocycles. The zero-order valence-electron chi connectivity index (χ0n) is 15.6. The van der Waals surface area contributed by atoms with Crippen molar-refractivity contribution in [1.29, 1.82) is 0 Å². The summed E-state index contributed by atoms with van der Waals surface area (Å²) in [6.07, 6.45) is 1.87. The number of thiazole rings is 1. The van der Waals surface area contributed by atoms with Crippen LogP contribution in [0.5, 0.6) is 0 Å². The van der Waals surface area contributed by atoms with Gasteiger partial charge in [0.15, 0.2) is 5.13 Å². The summed E-state index contributed by atoms with van der Waals surface area (Å²) in [6.45, 7) is 3.16. The Kier molecular flexibility index (Phi) is 5.50. The normalized spacial score (nSPS) is 16.3. The number of anilines is 1. The summed E-state index contributed by atoms with van der Waals surface area (Å²) < 4.78 is 19.4. The van der Waals surface area contributed by atoms with Gasteiger partial charge in [-0.15, -0.1) is 11.3 Å². The van der Waals surface area contributed by atoms with Crippen molar-refractivity contribution in [3.63, 3.8) is 0 Å². The molecule has 0 saturated carbocycles. The number of aromatic nitrogens is 1. The molecule has 0 unspecified atom stereocenters. The van der Waals surface area contributed by atoms with Crippen LogP contribution in [-0.4, -0.2) is 30.1 Å². The maximum absolute atomic E-state index is 13.6. The predicted molar refractivity (Wildman–Crippen MR) is 109 cm³/mol. The lowest BCUT2D eigenvalue weighted by atomic mass is 10.1. The third-order valence-electron chi connectivity index (χ3n) is 4.80. The lowest BCUT2D eigenvalue weighted by molar-refractivity contribution is 0.0917. The average molecular weight is 396 g/mol. The molecular formula is C22H21FN2O2S. The molecule has 0 bridgehead atoms. The predicted octanol–water partition coefficient (Wildman–Crippen LogP) is 5.08. The minimum absolute atomic E-state index is 0.0239. The number of ether oxygens (including phenoxy) is 1. The highest BCUT2D eigenvalue weighted by Crippen LogP contribution is 2.30. The van der Waals surface area contributed by atoms with Gasteiger partial charge in [0.2, 0.25) is 0 Å². The van der Waals surface area contributed by atoms with Crippen molar-refractivity contribution in [3.8, 4) is 11.3 Å². The van der Waals surface area contributed by atoms with Crippen LogP contribution in [-0.2, 0) is 4.74 Å². The van der Waals surface area contributed by atoms with Crippen LogP contribution in [0.3, 0.4) is 0 Å². The Labute approximate surface area is 167 Å². The first kappa shape index (κ1) is 18.8. The third kappa shape index (κ3) is 4.13. The van der Waals surface area contributed by atoms with Crippen molar-refractivity contribution in [2.24, 2.45) is 0 Å². The maximum Gasteiger partial charge on any atom is 0.260 e. The minimum atomic E-state index is -0.428. The van der Waals surface area contributed by atoms with Crippen LogP contribution in [0.15, 0.2) is 53.9 Å². The fourth-order valence-electron chi connectivity index (χ4n) is 3.26. The van der Waals surface area contributed by atoms with Crippen LogP contribution >= 0.6 is 11.3 Å². The molecule has 6 heteroatoms. The summed E-state index contributed by atoms with van der Waals surface area (Å²) in [5.41, 5.74) is 3.32. The molecule has 4 rings (SSSR count). The van der Waals surface area contributed by atoms with Gasteiger partial charge in [-0.1, -0.05) is 35.9 Å². The molecule has 0 N–H and O–H groups in total. The summed E-state index contributed by atoms with van der Waals surface area (Å²) in [6, 6.07) is 13.9. The van der Waals surface area contributed by atoms with Gasteiger partial charge in [-0.2, -0.15) is 0 Å². The molecule has 28 heavy (non-hydrogen) atoms. The van der Waals surface area contributed by atoms with Gasteiger partial charge in [0.25, 0.3) is 5.91 Å². The van der Waals surface area contributed by atoms with E-state index in [1.54, 1.807) is 17.0 Å². The number of nitrogens with zero attached hydrogens (tertiary/aromatic N) is 2. The first-order valence-electron chi connectivity index (χ1n) is 9.32. The lowest BCUT2D eigenvalue weighted by Crippen LogP contribution is -2.37. The molecule has 0 radical (unpaired) electrons. The Bertz CT molecular complexity index is 965. The molecule has 0 aliphatic carbocycles. The SMILES string of the molecule is Cc1ccc(-c2csc(N(C[C@@H]3CCCO3)C(=O)c3cccc(F)c3)n2)cc1. The van der Waals surface area contributed by atoms with E-state index in [0.717, 1.165) is 24.1 Å². The maximum atomic E-state index is 13.6. The Hall–Kier alpha value is -2.57. The van der Waals surface area contributed by atoms with Crippen molar-refractivity contribution in [2.45, 2.75) is 25.9 Å². The number of carbonyl (C=O) groups excluding carboxylic acids is 1. The molecule has 2 heterocycles. The first-order valence-corrected chi connectivity index (χ1v) is 10.2. The molecule has 4 nitrogen and oxygen atoms in total. The number of hydrogen-bond acceptors (Lipinski definition) is 4. The topological polar surface area (TPSA) is 42.4 Å². The largest absolute Gasteiger partial charge is 0.376 e. The molecule has 1 saturated heterocycles. The summed E-state index contributed by atoms with van der Waals surface area (Å²) in [4.78, 5) is 19.5. The van der Waals surface area contributed by atoms with Crippen molar-refractivity contribution in [2.75, 3.05) is 18.1 Å². The van der Waals surface area contributed by atoms with E-state index in [1.807, 2.05) is 36.6 Å². The van der Waals surface area contributed by atoms with Gasteiger partial charge in [0.1, 0.15) is 5.82 Å². The van der Waals surface area contributed by atoms with E-state index in [-0.39, 0.29) is 12.0 Å². The summed E-state index contributed by atoms with van der Waals surface area (Å²) in [5, 5.41) is 2.54. The van der Waals surface area contributed by atoms with E-state index in [2.05, 4.69) is 0 Å². The van der Waals surface area contributed by atoms with E-state index >= 15 is 0 Å². The second kappa shape index (κ2) is 8.20. The number of rotatable bonds is 5. The van der Waals surface area contributed by atoms with Gasteiger partial charge >= 0.3 is 0 Å². The molecule has 1 aliphatic heterocycles. The molecule has 0 spiro atoms. The highest BCUT2D eigenvalue weighted by Gasteiger charge is 2.27. The molecule has 1 atom stereocenters. The van der Waals surface area contributed by atoms with Crippen molar-refractivity contribution in [1.82, 2.24) is 4.98 Å². The van der Waals surface area contributed by atoms with E-state index in [9.17, 15) is 9.18 Å². The van der Waals surface area contributed by atoms with Crippen molar-refractivity contribution in [3.05, 3.63) is 70.9 Å². The zero-order chi connectivity index (χ0) is 19.5. The Morgan fingerprint density at radius 3 is 2.82 bits per heavy atom. The standard InChI is InChI=1S/C22H21FN2O2S/c1-15-7-9-16(10-8-15)20-14-28-22(24-20)25(13-19-6-3-11-27-19)21(26)17-4-2-5-18(23)12-17/h2,4-5,7-10,12,14,19H,3,6,11,13H2,1H3/t19-/m0/s1. The number of benzene rings is 2. The molecule has 1 fully saturated rings. The number of carbonyl (C=O) groups is 1. The van der Waals surface area contributed by atoms with E-state index in [0.29, 0.717) is 23.8 Å². The molecule has 2 aromatic carbocycles. The molecule has 1 amide bonds. The lowest BCUT2D eigenvalue weighted by Gasteiger charge is -2.23. The molecule has 1 aliphatic rings. The molecule has 3 aromatic rings. The summed E-state index contributed by atoms with van der Waals surface area (Å²) >= 11 is 1.41. The second-order valence-electron chi connectivity index (χ2n) is 6.94. The number of hydrogen-bond donors (Lipinski definition) is 0. The first-order chi connectivity index (χ1) is 13.6.